The van der Waals surface area contributed by atoms with Crippen LogP contribution < -0.4 is 5.32 Å². The van der Waals surface area contributed by atoms with Gasteiger partial charge in [-0.1, -0.05) is 13.8 Å². The predicted molar refractivity (Wildman–Crippen MR) is 89.7 cm³/mol. The SMILES string of the molecule is CCCN(CCC)S(=O)(=O)c1ccc(NC(=O)[C@H](C)Cl)cc1. The van der Waals surface area contributed by atoms with Crippen LogP contribution in [-0.2, 0) is 14.8 Å². The molecule has 5 nitrogen and oxygen atoms in total. The van der Waals surface area contributed by atoms with Crippen molar-refractivity contribution in [1.29, 1.82) is 0 Å². The van der Waals surface area contributed by atoms with Crippen molar-refractivity contribution in [3.8, 4) is 0 Å². The van der Waals surface area contributed by atoms with Crippen molar-refractivity contribution in [2.45, 2.75) is 43.9 Å². The topological polar surface area (TPSA) is 66.5 Å². The monoisotopic (exact) mass is 346 g/mol. The van der Waals surface area contributed by atoms with E-state index in [1.54, 1.807) is 19.1 Å². The van der Waals surface area contributed by atoms with E-state index in [-0.39, 0.29) is 10.8 Å². The van der Waals surface area contributed by atoms with Crippen molar-refractivity contribution in [2.24, 2.45) is 0 Å². The van der Waals surface area contributed by atoms with Gasteiger partial charge in [-0.05, 0) is 44.0 Å². The highest BCUT2D eigenvalue weighted by Crippen LogP contribution is 2.19. The minimum Gasteiger partial charge on any atom is -0.325 e. The quantitative estimate of drug-likeness (QED) is 0.735. The summed E-state index contributed by atoms with van der Waals surface area (Å²) in [4.78, 5) is 11.7. The van der Waals surface area contributed by atoms with Crippen molar-refractivity contribution in [3.05, 3.63) is 24.3 Å². The van der Waals surface area contributed by atoms with E-state index < -0.39 is 15.4 Å². The van der Waals surface area contributed by atoms with Crippen LogP contribution in [0, 0.1) is 0 Å². The zero-order valence-electron chi connectivity index (χ0n) is 13.2. The molecule has 1 atom stereocenters. The number of hydrogen-bond acceptors (Lipinski definition) is 3. The molecule has 1 rings (SSSR count). The molecule has 0 saturated heterocycles. The molecule has 0 spiro atoms. The van der Waals surface area contributed by atoms with Gasteiger partial charge in [-0.25, -0.2) is 8.42 Å². The number of nitrogens with one attached hydrogen (secondary N) is 1. The molecule has 0 fully saturated rings. The molecule has 0 heterocycles. The molecule has 7 heteroatoms. The Balaban J connectivity index is 2.94. The van der Waals surface area contributed by atoms with E-state index in [9.17, 15) is 13.2 Å². The number of nitrogens with zero attached hydrogens (tertiary/aromatic N) is 1. The summed E-state index contributed by atoms with van der Waals surface area (Å²) < 4.78 is 26.6. The summed E-state index contributed by atoms with van der Waals surface area (Å²) in [5.74, 6) is -0.323. The molecule has 0 aliphatic heterocycles. The van der Waals surface area contributed by atoms with Gasteiger partial charge in [0.05, 0.1) is 4.90 Å². The van der Waals surface area contributed by atoms with Gasteiger partial charge >= 0.3 is 0 Å². The summed E-state index contributed by atoms with van der Waals surface area (Å²) in [5, 5.41) is 1.97. The molecular formula is C15H23ClN2O3S. The molecule has 0 unspecified atom stereocenters. The molecule has 1 aromatic rings. The third kappa shape index (κ3) is 4.97. The Labute approximate surface area is 137 Å². The molecule has 0 aliphatic rings. The normalized spacial score (nSPS) is 13.1. The van der Waals surface area contributed by atoms with Crippen LogP contribution in [0.1, 0.15) is 33.6 Å². The number of carbonyl (C=O) groups excluding carboxylic acids is 1. The fourth-order valence-corrected chi connectivity index (χ4v) is 3.63. The van der Waals surface area contributed by atoms with E-state index in [4.69, 9.17) is 11.6 Å². The standard InChI is InChI=1S/C15H23ClN2O3S/c1-4-10-18(11-5-2)22(20,21)14-8-6-13(7-9-14)17-15(19)12(3)16/h6-9,12H,4-5,10-11H2,1-3H3,(H,17,19)/t12-/m0/s1. The van der Waals surface area contributed by atoms with E-state index >= 15 is 0 Å². The maximum absolute atomic E-state index is 12.6. The average Bonchev–Trinajstić information content (AvgIpc) is 2.47. The van der Waals surface area contributed by atoms with Gasteiger partial charge in [0.1, 0.15) is 5.38 Å². The lowest BCUT2D eigenvalue weighted by Gasteiger charge is -2.21. The molecule has 22 heavy (non-hydrogen) atoms. The lowest BCUT2D eigenvalue weighted by Crippen LogP contribution is -2.32. The van der Waals surface area contributed by atoms with Crippen LogP contribution in [0.5, 0.6) is 0 Å². The van der Waals surface area contributed by atoms with Gasteiger partial charge in [0, 0.05) is 18.8 Å². The highest BCUT2D eigenvalue weighted by atomic mass is 35.5. The van der Waals surface area contributed by atoms with Crippen LogP contribution >= 0.6 is 11.6 Å². The summed E-state index contributed by atoms with van der Waals surface area (Å²) in [6.07, 6.45) is 1.53. The van der Waals surface area contributed by atoms with Crippen LogP contribution in [0.25, 0.3) is 0 Å². The van der Waals surface area contributed by atoms with Gasteiger partial charge in [-0.3, -0.25) is 4.79 Å². The summed E-state index contributed by atoms with van der Waals surface area (Å²) in [7, 11) is -3.49. The first-order chi connectivity index (χ1) is 10.3. The second kappa shape index (κ2) is 8.50. The van der Waals surface area contributed by atoms with Gasteiger partial charge < -0.3 is 5.32 Å². The van der Waals surface area contributed by atoms with Crippen LogP contribution in [0.2, 0.25) is 0 Å². The largest absolute Gasteiger partial charge is 0.325 e. The Morgan fingerprint density at radius 1 is 1.18 bits per heavy atom. The number of benzene rings is 1. The molecule has 1 N–H and O–H groups in total. The van der Waals surface area contributed by atoms with E-state index in [0.29, 0.717) is 18.8 Å². The maximum Gasteiger partial charge on any atom is 0.243 e. The molecule has 1 amide bonds. The number of rotatable bonds is 8. The molecule has 124 valence electrons. The van der Waals surface area contributed by atoms with Crippen LogP contribution in [0.4, 0.5) is 5.69 Å². The first-order valence-corrected chi connectivity index (χ1v) is 9.25. The highest BCUT2D eigenvalue weighted by molar-refractivity contribution is 7.89. The Bertz CT molecular complexity index is 579. The number of anilines is 1. The Hall–Kier alpha value is -1.11. The minimum atomic E-state index is -3.49. The number of hydrogen-bond donors (Lipinski definition) is 1. The molecule has 1 aromatic carbocycles. The fourth-order valence-electron chi connectivity index (χ4n) is 1.95. The second-order valence-electron chi connectivity index (χ2n) is 5.03. The second-order valence-corrected chi connectivity index (χ2v) is 7.63. The smallest absolute Gasteiger partial charge is 0.243 e. The lowest BCUT2D eigenvalue weighted by atomic mass is 10.3. The van der Waals surface area contributed by atoms with Gasteiger partial charge in [0.25, 0.3) is 0 Å². The van der Waals surface area contributed by atoms with Crippen molar-refractivity contribution in [3.63, 3.8) is 0 Å². The summed E-state index contributed by atoms with van der Waals surface area (Å²) in [5.41, 5.74) is 0.522. The Kier molecular flexibility index (Phi) is 7.32. The Morgan fingerprint density at radius 3 is 2.09 bits per heavy atom. The van der Waals surface area contributed by atoms with Gasteiger partial charge in [-0.15, -0.1) is 11.6 Å². The number of carbonyl (C=O) groups is 1. The number of halogens is 1. The third-order valence-electron chi connectivity index (χ3n) is 3.07. The highest BCUT2D eigenvalue weighted by Gasteiger charge is 2.22. The first kappa shape index (κ1) is 18.9. The van der Waals surface area contributed by atoms with E-state index in [0.717, 1.165) is 12.8 Å². The van der Waals surface area contributed by atoms with E-state index in [2.05, 4.69) is 5.32 Å². The van der Waals surface area contributed by atoms with E-state index in [1.807, 2.05) is 13.8 Å². The summed E-state index contributed by atoms with van der Waals surface area (Å²) >= 11 is 5.68. The predicted octanol–water partition coefficient (Wildman–Crippen LogP) is 3.06. The molecule has 0 bridgehead atoms. The minimum absolute atomic E-state index is 0.228. The summed E-state index contributed by atoms with van der Waals surface area (Å²) in [6, 6.07) is 6.14. The first-order valence-electron chi connectivity index (χ1n) is 7.38. The van der Waals surface area contributed by atoms with Crippen molar-refractivity contribution in [2.75, 3.05) is 18.4 Å². The van der Waals surface area contributed by atoms with Crippen molar-refractivity contribution in [1.82, 2.24) is 4.31 Å². The number of alkyl halides is 1. The van der Waals surface area contributed by atoms with Gasteiger partial charge in [0.15, 0.2) is 0 Å². The van der Waals surface area contributed by atoms with Crippen LogP contribution in [-0.4, -0.2) is 37.1 Å². The molecule has 0 radical (unpaired) electrons. The zero-order valence-corrected chi connectivity index (χ0v) is 14.7. The third-order valence-corrected chi connectivity index (χ3v) is 5.18. The summed E-state index contributed by atoms with van der Waals surface area (Å²) in [6.45, 7) is 6.47. The average molecular weight is 347 g/mol. The molecule has 0 saturated carbocycles. The number of amides is 1. The number of sulfonamides is 1. The van der Waals surface area contributed by atoms with Crippen LogP contribution in [0.3, 0.4) is 0 Å². The van der Waals surface area contributed by atoms with Crippen molar-refractivity contribution >= 4 is 33.2 Å². The zero-order chi connectivity index (χ0) is 16.8. The van der Waals surface area contributed by atoms with E-state index in [1.165, 1.54) is 16.4 Å². The molecule has 0 aliphatic carbocycles. The van der Waals surface area contributed by atoms with Gasteiger partial charge in [0.2, 0.25) is 15.9 Å². The Morgan fingerprint density at radius 2 is 1.68 bits per heavy atom. The molecule has 0 aromatic heterocycles. The van der Waals surface area contributed by atoms with Gasteiger partial charge in [-0.2, -0.15) is 4.31 Å². The fraction of sp³-hybridized carbons (Fsp3) is 0.533. The maximum atomic E-state index is 12.6. The molecular weight excluding hydrogens is 324 g/mol. The van der Waals surface area contributed by atoms with Crippen LogP contribution in [0.15, 0.2) is 29.2 Å². The van der Waals surface area contributed by atoms with Crippen molar-refractivity contribution < 1.29 is 13.2 Å². The lowest BCUT2D eigenvalue weighted by molar-refractivity contribution is -0.115.